The third-order valence-electron chi connectivity index (χ3n) is 4.32. The molecule has 0 aliphatic carbocycles. The van der Waals surface area contributed by atoms with Gasteiger partial charge in [-0.25, -0.2) is 0 Å². The zero-order valence-electron chi connectivity index (χ0n) is 13.5. The van der Waals surface area contributed by atoms with Gasteiger partial charge in [0.15, 0.2) is 5.76 Å². The van der Waals surface area contributed by atoms with Crippen molar-refractivity contribution in [2.75, 3.05) is 13.1 Å². The maximum atomic E-state index is 12.5. The number of nitrogens with zero attached hydrogens (tertiary/aromatic N) is 1. The van der Waals surface area contributed by atoms with Gasteiger partial charge in [0.2, 0.25) is 5.91 Å². The summed E-state index contributed by atoms with van der Waals surface area (Å²) in [4.78, 5) is 26.3. The molecule has 1 N–H and O–H groups in total. The van der Waals surface area contributed by atoms with Crippen LogP contribution in [0.5, 0.6) is 0 Å². The summed E-state index contributed by atoms with van der Waals surface area (Å²) < 4.78 is 5.05. The summed E-state index contributed by atoms with van der Waals surface area (Å²) >= 11 is 0. The Morgan fingerprint density at radius 2 is 2.23 bits per heavy atom. The number of carbonyl (C=O) groups excluding carboxylic acids is 2. The molecule has 2 rings (SSSR count). The summed E-state index contributed by atoms with van der Waals surface area (Å²) in [6.45, 7) is 5.53. The lowest BCUT2D eigenvalue weighted by molar-refractivity contribution is -0.132. The zero-order chi connectivity index (χ0) is 15.9. The maximum absolute atomic E-state index is 12.5. The van der Waals surface area contributed by atoms with E-state index in [1.807, 2.05) is 4.90 Å². The molecule has 122 valence electrons. The molecule has 5 nitrogen and oxygen atoms in total. The number of furan rings is 1. The quantitative estimate of drug-likeness (QED) is 0.910. The van der Waals surface area contributed by atoms with Crippen molar-refractivity contribution in [1.82, 2.24) is 10.2 Å². The van der Waals surface area contributed by atoms with Gasteiger partial charge >= 0.3 is 0 Å². The predicted octanol–water partition coefficient (Wildman–Crippen LogP) is 2.83. The number of likely N-dealkylation sites (tertiary alicyclic amines) is 1. The lowest BCUT2D eigenvalue weighted by Gasteiger charge is -2.24. The summed E-state index contributed by atoms with van der Waals surface area (Å²) in [6.07, 6.45) is 7.21. The molecule has 1 aromatic rings. The van der Waals surface area contributed by atoms with Crippen LogP contribution in [-0.2, 0) is 4.79 Å². The van der Waals surface area contributed by atoms with Gasteiger partial charge in [-0.1, -0.05) is 19.8 Å². The Kier molecular flexibility index (Phi) is 6.04. The second-order valence-electron chi connectivity index (χ2n) is 6.08. The fourth-order valence-corrected chi connectivity index (χ4v) is 3.09. The van der Waals surface area contributed by atoms with Crippen molar-refractivity contribution in [2.24, 2.45) is 5.92 Å². The molecule has 2 heterocycles. The molecule has 1 aliphatic heterocycles. The van der Waals surface area contributed by atoms with Crippen LogP contribution in [0, 0.1) is 5.92 Å². The lowest BCUT2D eigenvalue weighted by atomic mass is 9.96. The van der Waals surface area contributed by atoms with Crippen molar-refractivity contribution in [1.29, 1.82) is 0 Å². The highest BCUT2D eigenvalue weighted by molar-refractivity contribution is 5.95. The number of nitrogens with one attached hydrogen (secondary N) is 1. The summed E-state index contributed by atoms with van der Waals surface area (Å²) in [7, 11) is 0. The molecule has 1 saturated heterocycles. The molecule has 22 heavy (non-hydrogen) atoms. The third kappa shape index (κ3) is 4.36. The molecule has 0 radical (unpaired) electrons. The summed E-state index contributed by atoms with van der Waals surface area (Å²) in [5.74, 6) is 0.621. The molecular formula is C17H26N2O3. The molecule has 1 aliphatic rings. The van der Waals surface area contributed by atoms with Crippen LogP contribution in [0.25, 0.3) is 0 Å². The van der Waals surface area contributed by atoms with Crippen molar-refractivity contribution >= 4 is 11.8 Å². The van der Waals surface area contributed by atoms with Gasteiger partial charge in [0.25, 0.3) is 5.91 Å². The molecule has 0 aromatic carbocycles. The van der Waals surface area contributed by atoms with Gasteiger partial charge in [-0.15, -0.1) is 0 Å². The molecule has 1 fully saturated rings. The average Bonchev–Trinajstić information content (AvgIpc) is 2.94. The molecule has 2 amide bonds. The van der Waals surface area contributed by atoms with Crippen LogP contribution in [0.15, 0.2) is 22.8 Å². The molecule has 1 aromatic heterocycles. The number of carbonyl (C=O) groups is 2. The van der Waals surface area contributed by atoms with Crippen molar-refractivity contribution in [3.63, 3.8) is 0 Å². The summed E-state index contributed by atoms with van der Waals surface area (Å²) in [5, 5.41) is 2.71. The molecule has 2 atom stereocenters. The molecule has 0 saturated carbocycles. The van der Waals surface area contributed by atoms with Crippen molar-refractivity contribution in [3.8, 4) is 0 Å². The van der Waals surface area contributed by atoms with Gasteiger partial charge in [0.05, 0.1) is 6.26 Å². The third-order valence-corrected chi connectivity index (χ3v) is 4.32. The van der Waals surface area contributed by atoms with Gasteiger partial charge in [-0.2, -0.15) is 0 Å². The number of amides is 2. The van der Waals surface area contributed by atoms with Crippen LogP contribution in [-0.4, -0.2) is 35.8 Å². The van der Waals surface area contributed by atoms with Crippen LogP contribution in [0.1, 0.15) is 56.5 Å². The van der Waals surface area contributed by atoms with E-state index in [2.05, 4.69) is 12.2 Å². The van der Waals surface area contributed by atoms with E-state index >= 15 is 0 Å². The monoisotopic (exact) mass is 306 g/mol. The van der Waals surface area contributed by atoms with Gasteiger partial charge < -0.3 is 14.6 Å². The molecule has 0 spiro atoms. The van der Waals surface area contributed by atoms with E-state index in [9.17, 15) is 9.59 Å². The van der Waals surface area contributed by atoms with E-state index in [1.165, 1.54) is 25.5 Å². The minimum absolute atomic E-state index is 0.00273. The Morgan fingerprint density at radius 3 is 2.91 bits per heavy atom. The zero-order valence-corrected chi connectivity index (χ0v) is 13.5. The van der Waals surface area contributed by atoms with Gasteiger partial charge in [0.1, 0.15) is 6.04 Å². The first kappa shape index (κ1) is 16.6. The van der Waals surface area contributed by atoms with E-state index in [4.69, 9.17) is 4.42 Å². The van der Waals surface area contributed by atoms with E-state index < -0.39 is 6.04 Å². The highest BCUT2D eigenvalue weighted by atomic mass is 16.3. The molecular weight excluding hydrogens is 280 g/mol. The minimum Gasteiger partial charge on any atom is -0.459 e. The second-order valence-corrected chi connectivity index (χ2v) is 6.08. The standard InChI is InChI=1S/C17H26N2O3/c1-3-6-14-7-4-10-19(11-9-14)17(21)13(2)18-16(20)15-8-5-12-22-15/h5,8,12-14H,3-4,6-7,9-11H2,1-2H3,(H,18,20). The number of hydrogen-bond donors (Lipinski definition) is 1. The Morgan fingerprint density at radius 1 is 1.41 bits per heavy atom. The Balaban J connectivity index is 1.86. The molecule has 5 heteroatoms. The first-order chi connectivity index (χ1) is 10.6. The smallest absolute Gasteiger partial charge is 0.287 e. The maximum Gasteiger partial charge on any atom is 0.287 e. The fourth-order valence-electron chi connectivity index (χ4n) is 3.09. The minimum atomic E-state index is -0.527. The Bertz CT molecular complexity index is 484. The van der Waals surface area contributed by atoms with Crippen LogP contribution >= 0.6 is 0 Å². The van der Waals surface area contributed by atoms with Gasteiger partial charge in [-0.3, -0.25) is 9.59 Å². The van der Waals surface area contributed by atoms with E-state index in [1.54, 1.807) is 19.1 Å². The van der Waals surface area contributed by atoms with Crippen LogP contribution in [0.3, 0.4) is 0 Å². The molecule has 0 bridgehead atoms. The lowest BCUT2D eigenvalue weighted by Crippen LogP contribution is -2.47. The van der Waals surface area contributed by atoms with E-state index in [0.717, 1.165) is 31.8 Å². The highest BCUT2D eigenvalue weighted by Crippen LogP contribution is 2.22. The summed E-state index contributed by atoms with van der Waals surface area (Å²) in [5.41, 5.74) is 0. The van der Waals surface area contributed by atoms with Crippen LogP contribution in [0.4, 0.5) is 0 Å². The normalized spacial score (nSPS) is 20.3. The summed E-state index contributed by atoms with van der Waals surface area (Å²) in [6, 6.07) is 2.72. The fraction of sp³-hybridized carbons (Fsp3) is 0.647. The van der Waals surface area contributed by atoms with Gasteiger partial charge in [0, 0.05) is 13.1 Å². The predicted molar refractivity (Wildman–Crippen MR) is 84.5 cm³/mol. The SMILES string of the molecule is CCCC1CCCN(C(=O)C(C)NC(=O)c2ccco2)CC1. The first-order valence-electron chi connectivity index (χ1n) is 8.25. The van der Waals surface area contributed by atoms with Crippen LogP contribution < -0.4 is 5.32 Å². The second kappa shape index (κ2) is 8.01. The van der Waals surface area contributed by atoms with Crippen molar-refractivity contribution < 1.29 is 14.0 Å². The van der Waals surface area contributed by atoms with Crippen LogP contribution in [0.2, 0.25) is 0 Å². The Hall–Kier alpha value is -1.78. The van der Waals surface area contributed by atoms with Crippen molar-refractivity contribution in [2.45, 2.75) is 52.0 Å². The van der Waals surface area contributed by atoms with Crippen molar-refractivity contribution in [3.05, 3.63) is 24.2 Å². The first-order valence-corrected chi connectivity index (χ1v) is 8.25. The topological polar surface area (TPSA) is 62.6 Å². The average molecular weight is 306 g/mol. The highest BCUT2D eigenvalue weighted by Gasteiger charge is 2.25. The molecule has 2 unspecified atom stereocenters. The van der Waals surface area contributed by atoms with Gasteiger partial charge in [-0.05, 0) is 44.2 Å². The number of hydrogen-bond acceptors (Lipinski definition) is 3. The largest absolute Gasteiger partial charge is 0.459 e. The van der Waals surface area contributed by atoms with E-state index in [-0.39, 0.29) is 17.6 Å². The number of rotatable bonds is 5. The van der Waals surface area contributed by atoms with E-state index in [0.29, 0.717) is 0 Å². The Labute approximate surface area is 132 Å².